The molecule has 2 heterocycles. The van der Waals surface area contributed by atoms with Crippen LogP contribution in [0.5, 0.6) is 5.75 Å². The van der Waals surface area contributed by atoms with E-state index >= 15 is 0 Å². The maximum Gasteiger partial charge on any atom is 0.269 e. The molecule has 0 fully saturated rings. The van der Waals surface area contributed by atoms with Gasteiger partial charge in [0.2, 0.25) is 6.10 Å². The molecule has 0 spiro atoms. The molecule has 4 rings (SSSR count). The molecule has 7 nitrogen and oxygen atoms in total. The monoisotopic (exact) mass is 454 g/mol. The molecular weight excluding hydrogens is 436 g/mol. The summed E-state index contributed by atoms with van der Waals surface area (Å²) in [6.45, 7) is 0.619. The number of carbonyl (C=O) groups excluding carboxylic acids is 1. The Hall–Kier alpha value is -3.13. The molecule has 1 aromatic heterocycles. The topological polar surface area (TPSA) is 77.7 Å². The van der Waals surface area contributed by atoms with E-state index in [9.17, 15) is 4.79 Å². The average molecular weight is 455 g/mol. The first-order chi connectivity index (χ1) is 14.1. The lowest BCUT2D eigenvalue weighted by Gasteiger charge is -2.07. The molecule has 8 heteroatoms. The average Bonchev–Trinajstić information content (AvgIpc) is 3.40. The van der Waals surface area contributed by atoms with Crippen LogP contribution in [0.2, 0.25) is 0 Å². The molecule has 1 aliphatic rings. The van der Waals surface area contributed by atoms with Crippen molar-refractivity contribution in [1.29, 1.82) is 0 Å². The number of nitrogens with zero attached hydrogens (tertiary/aromatic N) is 3. The zero-order chi connectivity index (χ0) is 20.2. The highest BCUT2D eigenvalue weighted by atomic mass is 79.9. The number of aromatic nitrogens is 2. The minimum Gasteiger partial charge on any atom is -0.497 e. The van der Waals surface area contributed by atoms with Crippen LogP contribution in [-0.2, 0) is 16.2 Å². The van der Waals surface area contributed by atoms with E-state index in [1.165, 1.54) is 0 Å². The van der Waals surface area contributed by atoms with Crippen molar-refractivity contribution in [1.82, 2.24) is 9.78 Å². The normalized spacial score (nSPS) is 15.5. The summed E-state index contributed by atoms with van der Waals surface area (Å²) in [5.74, 6) is 0.973. The molecule has 0 aliphatic carbocycles. The highest BCUT2D eigenvalue weighted by Crippen LogP contribution is 2.20. The lowest BCUT2D eigenvalue weighted by atomic mass is 10.0. The fourth-order valence-corrected chi connectivity index (χ4v) is 3.24. The zero-order valence-corrected chi connectivity index (χ0v) is 17.3. The SMILES string of the molecule is COc1ccc(C2=NOC(C(=O)Nc3ccn(Cc4ccc(Br)cc4)n3)C2)cc1. The first kappa shape index (κ1) is 19.2. The number of benzene rings is 2. The van der Waals surface area contributed by atoms with Crippen molar-refractivity contribution < 1.29 is 14.4 Å². The molecule has 0 saturated heterocycles. The molecule has 148 valence electrons. The Kier molecular flexibility index (Phi) is 5.62. The van der Waals surface area contributed by atoms with Gasteiger partial charge in [0.1, 0.15) is 5.75 Å². The van der Waals surface area contributed by atoms with Gasteiger partial charge in [-0.25, -0.2) is 0 Å². The molecule has 0 radical (unpaired) electrons. The Bertz CT molecular complexity index is 1030. The van der Waals surface area contributed by atoms with E-state index in [0.29, 0.717) is 18.8 Å². The summed E-state index contributed by atoms with van der Waals surface area (Å²) < 4.78 is 7.96. The molecule has 0 saturated carbocycles. The summed E-state index contributed by atoms with van der Waals surface area (Å²) >= 11 is 3.42. The van der Waals surface area contributed by atoms with E-state index in [4.69, 9.17) is 9.57 Å². The predicted octanol–water partition coefficient (Wildman–Crippen LogP) is 3.83. The molecule has 1 atom stereocenters. The number of carbonyl (C=O) groups is 1. The number of nitrogens with one attached hydrogen (secondary N) is 1. The minimum atomic E-state index is -0.677. The highest BCUT2D eigenvalue weighted by molar-refractivity contribution is 9.10. The third-order valence-corrected chi connectivity index (χ3v) is 5.06. The maximum absolute atomic E-state index is 12.5. The maximum atomic E-state index is 12.5. The number of rotatable bonds is 6. The van der Waals surface area contributed by atoms with Gasteiger partial charge >= 0.3 is 0 Å². The summed E-state index contributed by atoms with van der Waals surface area (Å²) in [4.78, 5) is 17.8. The van der Waals surface area contributed by atoms with Crippen molar-refractivity contribution in [2.45, 2.75) is 19.1 Å². The fourth-order valence-electron chi connectivity index (χ4n) is 2.97. The van der Waals surface area contributed by atoms with Crippen LogP contribution in [0.15, 0.2) is 70.4 Å². The third kappa shape index (κ3) is 4.65. The first-order valence-corrected chi connectivity index (χ1v) is 9.86. The van der Waals surface area contributed by atoms with Crippen molar-refractivity contribution >= 4 is 33.4 Å². The van der Waals surface area contributed by atoms with Crippen molar-refractivity contribution in [3.05, 3.63) is 76.4 Å². The van der Waals surface area contributed by atoms with Gasteiger partial charge in [-0.05, 0) is 47.5 Å². The Balaban J connectivity index is 1.33. The molecule has 1 N–H and O–H groups in total. The van der Waals surface area contributed by atoms with Crippen LogP contribution >= 0.6 is 15.9 Å². The van der Waals surface area contributed by atoms with E-state index in [-0.39, 0.29) is 5.91 Å². The van der Waals surface area contributed by atoms with Gasteiger partial charge in [-0.1, -0.05) is 33.2 Å². The van der Waals surface area contributed by atoms with Crippen molar-refractivity contribution in [2.75, 3.05) is 12.4 Å². The summed E-state index contributed by atoms with van der Waals surface area (Å²) in [6, 6.07) is 17.3. The van der Waals surface area contributed by atoms with Crippen LogP contribution in [0.25, 0.3) is 0 Å². The highest BCUT2D eigenvalue weighted by Gasteiger charge is 2.29. The Morgan fingerprint density at radius 1 is 1.21 bits per heavy atom. The van der Waals surface area contributed by atoms with Gasteiger partial charge < -0.3 is 14.9 Å². The third-order valence-electron chi connectivity index (χ3n) is 4.53. The van der Waals surface area contributed by atoms with Gasteiger partial charge in [0.05, 0.1) is 19.4 Å². The molecular formula is C21H19BrN4O3. The number of hydrogen-bond donors (Lipinski definition) is 1. The van der Waals surface area contributed by atoms with E-state index < -0.39 is 6.10 Å². The number of halogens is 1. The second kappa shape index (κ2) is 8.48. The predicted molar refractivity (Wildman–Crippen MR) is 113 cm³/mol. The second-order valence-corrected chi connectivity index (χ2v) is 7.49. The molecule has 1 aliphatic heterocycles. The molecule has 2 aromatic carbocycles. The summed E-state index contributed by atoms with van der Waals surface area (Å²) in [7, 11) is 1.62. The first-order valence-electron chi connectivity index (χ1n) is 9.06. The van der Waals surface area contributed by atoms with E-state index in [1.807, 2.05) is 54.7 Å². The summed E-state index contributed by atoms with van der Waals surface area (Å²) in [5.41, 5.74) is 2.75. The van der Waals surface area contributed by atoms with Crippen LogP contribution in [0, 0.1) is 0 Å². The fraction of sp³-hybridized carbons (Fsp3) is 0.190. The smallest absolute Gasteiger partial charge is 0.269 e. The Labute approximate surface area is 176 Å². The number of ether oxygens (including phenoxy) is 1. The minimum absolute atomic E-state index is 0.272. The number of amides is 1. The molecule has 29 heavy (non-hydrogen) atoms. The van der Waals surface area contributed by atoms with Gasteiger partial charge in [-0.3, -0.25) is 9.48 Å². The van der Waals surface area contributed by atoms with Crippen LogP contribution in [-0.4, -0.2) is 34.6 Å². The van der Waals surface area contributed by atoms with Crippen molar-refractivity contribution in [3.63, 3.8) is 0 Å². The molecule has 1 unspecified atom stereocenters. The van der Waals surface area contributed by atoms with E-state index in [0.717, 1.165) is 27.1 Å². The van der Waals surface area contributed by atoms with E-state index in [1.54, 1.807) is 17.9 Å². The number of oxime groups is 1. The van der Waals surface area contributed by atoms with Gasteiger partial charge in [0.15, 0.2) is 5.82 Å². The van der Waals surface area contributed by atoms with Crippen molar-refractivity contribution in [3.8, 4) is 5.75 Å². The number of hydrogen-bond acceptors (Lipinski definition) is 5. The summed E-state index contributed by atoms with van der Waals surface area (Å²) in [6.07, 6.45) is 1.55. The molecule has 0 bridgehead atoms. The largest absolute Gasteiger partial charge is 0.497 e. The van der Waals surface area contributed by atoms with Gasteiger partial charge in [0.25, 0.3) is 5.91 Å². The standard InChI is InChI=1S/C21H19BrN4O3/c1-28-17-8-4-15(5-9-17)18-12-19(29-25-18)21(27)23-20-10-11-26(24-20)13-14-2-6-16(22)7-3-14/h2-11,19H,12-13H2,1H3,(H,23,24,27). The lowest BCUT2D eigenvalue weighted by Crippen LogP contribution is -2.28. The molecule has 3 aromatic rings. The summed E-state index contributed by atoms with van der Waals surface area (Å²) in [5, 5.41) is 11.3. The van der Waals surface area contributed by atoms with Gasteiger partial charge in [0, 0.05) is 23.2 Å². The number of anilines is 1. The van der Waals surface area contributed by atoms with Crippen LogP contribution < -0.4 is 10.1 Å². The lowest BCUT2D eigenvalue weighted by molar-refractivity contribution is -0.125. The Morgan fingerprint density at radius 3 is 2.69 bits per heavy atom. The molecule has 1 amide bonds. The quantitative estimate of drug-likeness (QED) is 0.613. The Morgan fingerprint density at radius 2 is 1.97 bits per heavy atom. The van der Waals surface area contributed by atoms with Crippen molar-refractivity contribution in [2.24, 2.45) is 5.16 Å². The van der Waals surface area contributed by atoms with Crippen LogP contribution in [0.3, 0.4) is 0 Å². The van der Waals surface area contributed by atoms with Crippen LogP contribution in [0.4, 0.5) is 5.82 Å². The second-order valence-electron chi connectivity index (χ2n) is 6.58. The van der Waals surface area contributed by atoms with Gasteiger partial charge in [-0.2, -0.15) is 5.10 Å². The van der Waals surface area contributed by atoms with E-state index in [2.05, 4.69) is 31.5 Å². The van der Waals surface area contributed by atoms with Gasteiger partial charge in [-0.15, -0.1) is 0 Å². The zero-order valence-electron chi connectivity index (χ0n) is 15.7. The van der Waals surface area contributed by atoms with Crippen LogP contribution in [0.1, 0.15) is 17.5 Å². The number of methoxy groups -OCH3 is 1.